The van der Waals surface area contributed by atoms with Gasteiger partial charge in [-0.25, -0.2) is 19.4 Å². The third kappa shape index (κ3) is 6.37. The molecule has 14 heteroatoms. The Bertz CT molecular complexity index is 2300. The first kappa shape index (κ1) is 35.3. The number of aryl methyl sites for hydroxylation is 2. The summed E-state index contributed by atoms with van der Waals surface area (Å²) < 4.78 is 12.4. The van der Waals surface area contributed by atoms with E-state index in [0.717, 1.165) is 67.7 Å². The van der Waals surface area contributed by atoms with Crippen LogP contribution >= 0.6 is 23.2 Å². The van der Waals surface area contributed by atoms with Crippen LogP contribution in [0.5, 0.6) is 5.88 Å². The Morgan fingerprint density at radius 2 is 1.79 bits per heavy atom. The van der Waals surface area contributed by atoms with Gasteiger partial charge in [0.2, 0.25) is 5.88 Å². The van der Waals surface area contributed by atoms with Gasteiger partial charge in [-0.3, -0.25) is 9.69 Å². The average Bonchev–Trinajstić information content (AvgIpc) is 3.78. The molecule has 1 aliphatic carbocycles. The second-order valence-electron chi connectivity index (χ2n) is 14.0. The molecule has 12 nitrogen and oxygen atoms in total. The molecule has 3 aliphatic rings. The lowest BCUT2D eigenvalue weighted by Crippen LogP contribution is -2.61. The average molecular weight is 756 g/mol. The molecule has 2 fully saturated rings. The fourth-order valence-electron chi connectivity index (χ4n) is 8.12. The molecule has 2 saturated heterocycles. The third-order valence-corrected chi connectivity index (χ3v) is 11.7. The van der Waals surface area contributed by atoms with Crippen molar-refractivity contribution in [3.8, 4) is 28.3 Å². The van der Waals surface area contributed by atoms with Crippen LogP contribution < -0.4 is 20.9 Å². The Hall–Kier alpha value is -4.75. The van der Waals surface area contributed by atoms with Crippen LogP contribution in [0.4, 0.5) is 16.3 Å². The number of ether oxygens (including phenoxy) is 2. The molecule has 2 unspecified atom stereocenters. The van der Waals surface area contributed by atoms with Crippen LogP contribution in [0.25, 0.3) is 33.2 Å². The monoisotopic (exact) mass is 754 g/mol. The van der Waals surface area contributed by atoms with E-state index >= 15 is 0 Å². The minimum atomic E-state index is -0.266. The zero-order valence-electron chi connectivity index (χ0n) is 29.8. The van der Waals surface area contributed by atoms with Crippen molar-refractivity contribution in [3.63, 3.8) is 0 Å². The number of nitrogens with one attached hydrogen (secondary N) is 2. The van der Waals surface area contributed by atoms with E-state index < -0.39 is 0 Å². The fourth-order valence-corrected chi connectivity index (χ4v) is 8.72. The lowest BCUT2D eigenvalue weighted by atomic mass is 9.92. The predicted molar refractivity (Wildman–Crippen MR) is 206 cm³/mol. The highest BCUT2D eigenvalue weighted by molar-refractivity contribution is 6.39. The zero-order valence-corrected chi connectivity index (χ0v) is 31.3. The molecule has 3 aromatic heterocycles. The molecule has 2 amide bonds. The zero-order chi connectivity index (χ0) is 36.9. The number of hydrogen-bond donors (Lipinski definition) is 2. The smallest absolute Gasteiger partial charge is 0.317 e. The molecule has 274 valence electrons. The summed E-state index contributed by atoms with van der Waals surface area (Å²) in [7, 11) is 4.92. The molecule has 5 heterocycles. The molecule has 2 atom stereocenters. The van der Waals surface area contributed by atoms with Gasteiger partial charge < -0.3 is 25.0 Å². The van der Waals surface area contributed by atoms with Crippen molar-refractivity contribution in [3.05, 3.63) is 92.5 Å². The largest absolute Gasteiger partial charge is 0.481 e. The molecule has 8 rings (SSSR count). The number of aromatic nitrogens is 4. The van der Waals surface area contributed by atoms with Gasteiger partial charge in [0.05, 0.1) is 52.3 Å². The van der Waals surface area contributed by atoms with Gasteiger partial charge in [-0.2, -0.15) is 5.10 Å². The number of methoxy groups -OCH3 is 2. The number of fused-ring (bicyclic) bond motifs is 2. The predicted octanol–water partition coefficient (Wildman–Crippen LogP) is 6.61. The fraction of sp³-hybridized carbons (Fsp3) is 0.359. The summed E-state index contributed by atoms with van der Waals surface area (Å²) in [4.78, 5) is 39.7. The van der Waals surface area contributed by atoms with Gasteiger partial charge in [0.25, 0.3) is 5.56 Å². The van der Waals surface area contributed by atoms with Gasteiger partial charge in [-0.05, 0) is 49.4 Å². The quantitative estimate of drug-likeness (QED) is 0.171. The van der Waals surface area contributed by atoms with Gasteiger partial charge in [-0.1, -0.05) is 53.5 Å². The Balaban J connectivity index is 1.07. The molecular formula is C39H40Cl2N8O4. The molecule has 5 aromatic rings. The van der Waals surface area contributed by atoms with Crippen LogP contribution in [-0.4, -0.2) is 88.1 Å². The number of urea groups is 1. The van der Waals surface area contributed by atoms with Crippen LogP contribution in [0.1, 0.15) is 36.4 Å². The summed E-state index contributed by atoms with van der Waals surface area (Å²) in [6.45, 7) is 3.53. The number of pyridine rings is 2. The number of nitrogens with zero attached hydrogens (tertiary/aromatic N) is 6. The van der Waals surface area contributed by atoms with Crippen LogP contribution in [0, 0.1) is 0 Å². The minimum absolute atomic E-state index is 0.0130. The van der Waals surface area contributed by atoms with Crippen LogP contribution in [0.2, 0.25) is 10.0 Å². The Kier molecular flexibility index (Phi) is 9.48. The molecule has 2 aliphatic heterocycles. The van der Waals surface area contributed by atoms with Gasteiger partial charge in [0, 0.05) is 80.2 Å². The highest BCUT2D eigenvalue weighted by atomic mass is 35.5. The molecule has 53 heavy (non-hydrogen) atoms. The number of benzene rings is 2. The molecular weight excluding hydrogens is 715 g/mol. The summed E-state index contributed by atoms with van der Waals surface area (Å²) in [6, 6.07) is 15.5. The second kappa shape index (κ2) is 14.2. The lowest BCUT2D eigenvalue weighted by Gasteiger charge is -2.40. The van der Waals surface area contributed by atoms with Crippen molar-refractivity contribution in [1.82, 2.24) is 34.9 Å². The number of rotatable bonds is 9. The lowest BCUT2D eigenvalue weighted by molar-refractivity contribution is 0.114. The van der Waals surface area contributed by atoms with Gasteiger partial charge >= 0.3 is 6.03 Å². The van der Waals surface area contributed by atoms with E-state index in [2.05, 4.69) is 31.7 Å². The maximum Gasteiger partial charge on any atom is 0.317 e. The van der Waals surface area contributed by atoms with E-state index in [-0.39, 0.29) is 23.2 Å². The SMILES string of the molecule is COCCN1CCC2(CCN(C3CCc4cc(-c5cccc(-c6cccc(Nc7nccc8cnn(C)c(=O)c78)c6Cl)c5Cl)nc(OC)c43)C2)NC1=O. The van der Waals surface area contributed by atoms with Gasteiger partial charge in [0.15, 0.2) is 0 Å². The summed E-state index contributed by atoms with van der Waals surface area (Å²) in [5.41, 5.74) is 5.31. The van der Waals surface area contributed by atoms with Crippen molar-refractivity contribution in [2.45, 2.75) is 37.3 Å². The van der Waals surface area contributed by atoms with Crippen molar-refractivity contribution in [2.24, 2.45) is 7.05 Å². The normalized spacial score (nSPS) is 19.9. The number of carbonyl (C=O) groups excluding carboxylic acids is 1. The molecule has 0 saturated carbocycles. The number of hydrogen-bond acceptors (Lipinski definition) is 9. The second-order valence-corrected chi connectivity index (χ2v) is 14.7. The summed E-state index contributed by atoms with van der Waals surface area (Å²) in [5, 5.41) is 12.8. The molecule has 1 spiro atoms. The molecule has 0 bridgehead atoms. The minimum Gasteiger partial charge on any atom is -0.481 e. The van der Waals surface area contributed by atoms with Crippen molar-refractivity contribution >= 4 is 51.5 Å². The van der Waals surface area contributed by atoms with Crippen molar-refractivity contribution < 1.29 is 14.3 Å². The van der Waals surface area contributed by atoms with E-state index in [9.17, 15) is 9.59 Å². The van der Waals surface area contributed by atoms with Gasteiger partial charge in [-0.15, -0.1) is 0 Å². The highest BCUT2D eigenvalue weighted by Gasteiger charge is 2.46. The maximum absolute atomic E-state index is 13.0. The Morgan fingerprint density at radius 3 is 2.58 bits per heavy atom. The van der Waals surface area contributed by atoms with Gasteiger partial charge in [0.1, 0.15) is 5.82 Å². The van der Waals surface area contributed by atoms with Crippen molar-refractivity contribution in [1.29, 1.82) is 0 Å². The molecule has 2 N–H and O–H groups in total. The number of halogens is 2. The van der Waals surface area contributed by atoms with E-state index in [4.69, 9.17) is 37.7 Å². The van der Waals surface area contributed by atoms with Crippen LogP contribution in [0.3, 0.4) is 0 Å². The maximum atomic E-state index is 13.0. The van der Waals surface area contributed by atoms with Crippen LogP contribution in [0.15, 0.2) is 65.7 Å². The number of likely N-dealkylation sites (tertiary alicyclic amines) is 1. The first-order chi connectivity index (χ1) is 25.7. The van der Waals surface area contributed by atoms with Crippen LogP contribution in [-0.2, 0) is 18.2 Å². The Labute approximate surface area is 317 Å². The molecule has 2 aromatic carbocycles. The topological polar surface area (TPSA) is 127 Å². The standard InChI is InChI=1S/C39H40Cl2N8O4/c1-47-37(50)32-24(21-43-47)12-15-42-35(32)44-28-9-5-7-26(34(28)41)25-6-4-8-27(33(25)40)29-20-23-10-11-30(31(23)36(45-29)53-3)49-17-14-39(22-49)13-16-48(18-19-52-2)38(51)46-39/h4-9,12,15,20-21,30H,10-11,13-14,16-19,22H2,1-3H3,(H,42,44)(H,46,51). The number of carbonyl (C=O) groups is 1. The number of amides is 2. The van der Waals surface area contributed by atoms with E-state index in [1.807, 2.05) is 41.3 Å². The van der Waals surface area contributed by atoms with E-state index in [0.29, 0.717) is 56.9 Å². The first-order valence-electron chi connectivity index (χ1n) is 17.7. The summed E-state index contributed by atoms with van der Waals surface area (Å²) >= 11 is 14.3. The van der Waals surface area contributed by atoms with E-state index in [1.54, 1.807) is 39.7 Å². The highest BCUT2D eigenvalue weighted by Crippen LogP contribution is 2.47. The molecule has 0 radical (unpaired) electrons. The Morgan fingerprint density at radius 1 is 1.02 bits per heavy atom. The van der Waals surface area contributed by atoms with Crippen molar-refractivity contribution in [2.75, 3.05) is 52.3 Å². The first-order valence-corrected chi connectivity index (χ1v) is 18.5. The summed E-state index contributed by atoms with van der Waals surface area (Å²) in [5.74, 6) is 0.975. The third-order valence-electron chi connectivity index (χ3n) is 10.9. The number of anilines is 2. The summed E-state index contributed by atoms with van der Waals surface area (Å²) in [6.07, 6.45) is 6.89. The van der Waals surface area contributed by atoms with E-state index in [1.165, 1.54) is 10.2 Å².